The van der Waals surface area contributed by atoms with Crippen molar-refractivity contribution in [2.75, 3.05) is 12.3 Å². The second-order valence-electron chi connectivity index (χ2n) is 4.50. The SMILES string of the molecule is CCN1C2CCCC1c1sc(N)nc1C2. The standard InChI is InChI=1S/C11H17N3S/c1-2-14-7-4-3-5-9(14)10-8(6-7)13-11(12)15-10/h7,9H,2-6H2,1H3,(H2,12,13). The van der Waals surface area contributed by atoms with Gasteiger partial charge >= 0.3 is 0 Å². The molecule has 0 amide bonds. The van der Waals surface area contributed by atoms with Gasteiger partial charge in [-0.3, -0.25) is 4.90 Å². The van der Waals surface area contributed by atoms with E-state index in [1.54, 1.807) is 11.3 Å². The molecular formula is C11H17N3S. The van der Waals surface area contributed by atoms with Crippen molar-refractivity contribution in [2.24, 2.45) is 0 Å². The summed E-state index contributed by atoms with van der Waals surface area (Å²) in [6.45, 7) is 3.42. The Hall–Kier alpha value is -0.610. The minimum atomic E-state index is 0.618. The Bertz CT molecular complexity index is 374. The molecule has 2 aliphatic rings. The van der Waals surface area contributed by atoms with Crippen LogP contribution < -0.4 is 5.73 Å². The Balaban J connectivity index is 2.04. The average molecular weight is 223 g/mol. The van der Waals surface area contributed by atoms with Crippen LogP contribution in [0.4, 0.5) is 5.13 Å². The van der Waals surface area contributed by atoms with Crippen LogP contribution in [0, 0.1) is 0 Å². The van der Waals surface area contributed by atoms with E-state index in [4.69, 9.17) is 5.73 Å². The van der Waals surface area contributed by atoms with Gasteiger partial charge in [0.2, 0.25) is 0 Å². The monoisotopic (exact) mass is 223 g/mol. The predicted molar refractivity (Wildman–Crippen MR) is 63.0 cm³/mol. The molecule has 0 aromatic carbocycles. The van der Waals surface area contributed by atoms with E-state index in [-0.39, 0.29) is 0 Å². The van der Waals surface area contributed by atoms with Crippen LogP contribution in [0.15, 0.2) is 0 Å². The van der Waals surface area contributed by atoms with Gasteiger partial charge in [-0.2, -0.15) is 0 Å². The molecule has 0 saturated carbocycles. The number of thiazole rings is 1. The summed E-state index contributed by atoms with van der Waals surface area (Å²) in [6, 6.07) is 1.34. The first-order chi connectivity index (χ1) is 7.29. The topological polar surface area (TPSA) is 42.1 Å². The third kappa shape index (κ3) is 1.39. The van der Waals surface area contributed by atoms with Crippen molar-refractivity contribution in [3.05, 3.63) is 10.6 Å². The maximum absolute atomic E-state index is 5.82. The summed E-state index contributed by atoms with van der Waals surface area (Å²) < 4.78 is 0. The molecule has 2 aliphatic heterocycles. The maximum Gasteiger partial charge on any atom is 0.180 e. The average Bonchev–Trinajstić information content (AvgIpc) is 2.58. The largest absolute Gasteiger partial charge is 0.375 e. The molecule has 3 rings (SSSR count). The molecule has 1 aromatic heterocycles. The van der Waals surface area contributed by atoms with Gasteiger partial charge in [0.1, 0.15) is 0 Å². The molecule has 15 heavy (non-hydrogen) atoms. The van der Waals surface area contributed by atoms with Crippen molar-refractivity contribution in [1.29, 1.82) is 0 Å². The van der Waals surface area contributed by atoms with Crippen molar-refractivity contribution in [3.8, 4) is 0 Å². The normalized spacial score (nSPS) is 30.2. The van der Waals surface area contributed by atoms with Crippen molar-refractivity contribution < 1.29 is 0 Å². The van der Waals surface area contributed by atoms with Gasteiger partial charge in [0.25, 0.3) is 0 Å². The van der Waals surface area contributed by atoms with E-state index in [2.05, 4.69) is 16.8 Å². The second-order valence-corrected chi connectivity index (χ2v) is 5.56. The van der Waals surface area contributed by atoms with Gasteiger partial charge < -0.3 is 5.73 Å². The minimum Gasteiger partial charge on any atom is -0.375 e. The predicted octanol–water partition coefficient (Wildman–Crippen LogP) is 2.20. The summed E-state index contributed by atoms with van der Waals surface area (Å²) >= 11 is 1.70. The molecule has 0 radical (unpaired) electrons. The quantitative estimate of drug-likeness (QED) is 0.793. The van der Waals surface area contributed by atoms with E-state index < -0.39 is 0 Å². The summed E-state index contributed by atoms with van der Waals surface area (Å²) in [5, 5.41) is 0.753. The lowest BCUT2D eigenvalue weighted by Crippen LogP contribution is -2.46. The summed E-state index contributed by atoms with van der Waals surface area (Å²) in [5.74, 6) is 0. The van der Waals surface area contributed by atoms with E-state index in [0.717, 1.165) is 24.1 Å². The number of nitrogens with two attached hydrogens (primary N) is 1. The van der Waals surface area contributed by atoms with E-state index in [0.29, 0.717) is 6.04 Å². The zero-order valence-corrected chi connectivity index (χ0v) is 9.89. The molecule has 82 valence electrons. The zero-order valence-electron chi connectivity index (χ0n) is 9.07. The van der Waals surface area contributed by atoms with E-state index in [9.17, 15) is 0 Å². The summed E-state index contributed by atoms with van der Waals surface area (Å²) in [5.41, 5.74) is 7.11. The molecule has 3 nitrogen and oxygen atoms in total. The fourth-order valence-corrected chi connectivity index (χ4v) is 4.14. The molecule has 2 N–H and O–H groups in total. The van der Waals surface area contributed by atoms with Crippen LogP contribution in [0.3, 0.4) is 0 Å². The van der Waals surface area contributed by atoms with Crippen LogP contribution in [-0.2, 0) is 6.42 Å². The Morgan fingerprint density at radius 3 is 3.20 bits per heavy atom. The number of piperidine rings is 1. The lowest BCUT2D eigenvalue weighted by molar-refractivity contribution is 0.0769. The maximum atomic E-state index is 5.82. The number of anilines is 1. The number of aromatic nitrogens is 1. The van der Waals surface area contributed by atoms with Gasteiger partial charge in [0.15, 0.2) is 5.13 Å². The zero-order chi connectivity index (χ0) is 10.4. The Labute approximate surface area is 94.3 Å². The van der Waals surface area contributed by atoms with Crippen LogP contribution in [0.25, 0.3) is 0 Å². The highest BCUT2D eigenvalue weighted by molar-refractivity contribution is 7.15. The molecule has 3 heterocycles. The Kier molecular flexibility index (Phi) is 2.21. The molecule has 1 saturated heterocycles. The molecule has 2 unspecified atom stereocenters. The third-order valence-electron chi connectivity index (χ3n) is 3.73. The van der Waals surface area contributed by atoms with E-state index >= 15 is 0 Å². The fourth-order valence-electron chi connectivity index (χ4n) is 3.12. The molecule has 1 fully saturated rings. The smallest absolute Gasteiger partial charge is 0.180 e. The first kappa shape index (κ1) is 9.60. The van der Waals surface area contributed by atoms with Crippen molar-refractivity contribution in [3.63, 3.8) is 0 Å². The lowest BCUT2D eigenvalue weighted by Gasteiger charge is -2.44. The van der Waals surface area contributed by atoms with Crippen molar-refractivity contribution in [1.82, 2.24) is 9.88 Å². The van der Waals surface area contributed by atoms with Gasteiger partial charge in [0.05, 0.1) is 5.69 Å². The first-order valence-electron chi connectivity index (χ1n) is 5.80. The summed E-state index contributed by atoms with van der Waals surface area (Å²) in [6.07, 6.45) is 5.11. The van der Waals surface area contributed by atoms with Crippen LogP contribution in [-0.4, -0.2) is 22.5 Å². The molecule has 0 spiro atoms. The highest BCUT2D eigenvalue weighted by atomic mass is 32.1. The van der Waals surface area contributed by atoms with Gasteiger partial charge in [-0.1, -0.05) is 6.92 Å². The number of nitrogens with zero attached hydrogens (tertiary/aromatic N) is 2. The van der Waals surface area contributed by atoms with Gasteiger partial charge in [-0.25, -0.2) is 4.98 Å². The second kappa shape index (κ2) is 3.46. The highest BCUT2D eigenvalue weighted by Crippen LogP contribution is 2.44. The van der Waals surface area contributed by atoms with Crippen LogP contribution >= 0.6 is 11.3 Å². The fraction of sp³-hybridized carbons (Fsp3) is 0.727. The van der Waals surface area contributed by atoms with Gasteiger partial charge in [-0.15, -0.1) is 11.3 Å². The van der Waals surface area contributed by atoms with Crippen LogP contribution in [0.1, 0.15) is 42.8 Å². The number of nitrogen functional groups attached to an aromatic ring is 1. The van der Waals surface area contributed by atoms with E-state index in [1.807, 2.05) is 0 Å². The highest BCUT2D eigenvalue weighted by Gasteiger charge is 2.38. The number of rotatable bonds is 1. The molecule has 2 atom stereocenters. The molecule has 4 heteroatoms. The minimum absolute atomic E-state index is 0.618. The lowest BCUT2D eigenvalue weighted by atomic mass is 9.86. The third-order valence-corrected chi connectivity index (χ3v) is 4.75. The number of fused-ring (bicyclic) bond motifs is 4. The van der Waals surface area contributed by atoms with E-state index in [1.165, 1.54) is 29.8 Å². The number of likely N-dealkylation sites (N-methyl/N-ethyl adjacent to an activating group) is 1. The number of hydrogen-bond donors (Lipinski definition) is 1. The first-order valence-corrected chi connectivity index (χ1v) is 6.62. The van der Waals surface area contributed by atoms with Crippen LogP contribution in [0.5, 0.6) is 0 Å². The Morgan fingerprint density at radius 1 is 1.53 bits per heavy atom. The Morgan fingerprint density at radius 2 is 2.40 bits per heavy atom. The molecular weight excluding hydrogens is 206 g/mol. The van der Waals surface area contributed by atoms with Crippen molar-refractivity contribution >= 4 is 16.5 Å². The summed E-state index contributed by atoms with van der Waals surface area (Å²) in [4.78, 5) is 8.56. The number of hydrogen-bond acceptors (Lipinski definition) is 4. The van der Waals surface area contributed by atoms with Crippen molar-refractivity contribution in [2.45, 2.75) is 44.7 Å². The molecule has 2 bridgehead atoms. The van der Waals surface area contributed by atoms with Crippen LogP contribution in [0.2, 0.25) is 0 Å². The molecule has 0 aliphatic carbocycles. The van der Waals surface area contributed by atoms with Gasteiger partial charge in [-0.05, 0) is 25.8 Å². The molecule has 1 aromatic rings. The summed E-state index contributed by atoms with van der Waals surface area (Å²) in [7, 11) is 0. The van der Waals surface area contributed by atoms with Gasteiger partial charge in [0, 0.05) is 23.4 Å².